The highest BCUT2D eigenvalue weighted by molar-refractivity contribution is 5.80. The van der Waals surface area contributed by atoms with Crippen LogP contribution in [0.2, 0.25) is 0 Å². The van der Waals surface area contributed by atoms with E-state index < -0.39 is 6.10 Å². The van der Waals surface area contributed by atoms with Gasteiger partial charge in [-0.1, -0.05) is 19.9 Å². The van der Waals surface area contributed by atoms with Crippen LogP contribution in [0.25, 0.3) is 10.9 Å². The van der Waals surface area contributed by atoms with Crippen LogP contribution in [0.5, 0.6) is 0 Å². The number of aliphatic hydroxyl groups is 1. The van der Waals surface area contributed by atoms with Crippen molar-refractivity contribution in [2.24, 2.45) is 11.7 Å². The minimum Gasteiger partial charge on any atom is -0.391 e. The van der Waals surface area contributed by atoms with E-state index in [1.54, 1.807) is 0 Å². The Morgan fingerprint density at radius 3 is 2.72 bits per heavy atom. The summed E-state index contributed by atoms with van der Waals surface area (Å²) in [5.41, 5.74) is 8.22. The molecule has 2 aromatic rings. The number of aliphatic hydroxyl groups excluding tert-OH is 1. The van der Waals surface area contributed by atoms with Gasteiger partial charge in [0.15, 0.2) is 0 Å². The lowest BCUT2D eigenvalue weighted by atomic mass is 9.95. The van der Waals surface area contributed by atoms with Crippen LogP contribution < -0.4 is 5.73 Å². The van der Waals surface area contributed by atoms with Crippen LogP contribution in [0.4, 0.5) is 0 Å². The Morgan fingerprint density at radius 2 is 2.00 bits per heavy atom. The first-order valence-corrected chi connectivity index (χ1v) is 6.58. The first kappa shape index (κ1) is 13.1. The molecule has 0 spiro atoms. The van der Waals surface area contributed by atoms with Crippen molar-refractivity contribution in [3.8, 4) is 0 Å². The van der Waals surface area contributed by atoms with E-state index in [-0.39, 0.29) is 6.04 Å². The largest absolute Gasteiger partial charge is 0.391 e. The lowest BCUT2D eigenvalue weighted by molar-refractivity contribution is 0.128. The normalized spacial score (nSPS) is 15.2. The molecule has 0 aliphatic carbocycles. The molecule has 2 rings (SSSR count). The van der Waals surface area contributed by atoms with Gasteiger partial charge in [0, 0.05) is 11.7 Å². The number of hydrogen-bond acceptors (Lipinski definition) is 2. The zero-order valence-corrected chi connectivity index (χ0v) is 11.1. The van der Waals surface area contributed by atoms with Crippen molar-refractivity contribution in [3.63, 3.8) is 0 Å². The fourth-order valence-electron chi connectivity index (χ4n) is 2.18. The smallest absolute Gasteiger partial charge is 0.0732 e. The molecule has 1 aromatic heterocycles. The van der Waals surface area contributed by atoms with E-state index >= 15 is 0 Å². The molecule has 2 atom stereocenters. The minimum absolute atomic E-state index is 0.303. The maximum atomic E-state index is 10.1. The molecule has 0 amide bonds. The SMILES string of the molecule is CC(C)CC[C@@H](O)[C@@H](N)c1ccc2[nH]ccc2c1. The van der Waals surface area contributed by atoms with Crippen molar-refractivity contribution in [1.82, 2.24) is 4.98 Å². The van der Waals surface area contributed by atoms with Gasteiger partial charge in [-0.15, -0.1) is 0 Å². The average molecular weight is 246 g/mol. The molecule has 0 aliphatic rings. The van der Waals surface area contributed by atoms with Gasteiger partial charge in [-0.25, -0.2) is 0 Å². The van der Waals surface area contributed by atoms with Crippen LogP contribution in [0, 0.1) is 5.92 Å². The summed E-state index contributed by atoms with van der Waals surface area (Å²) in [7, 11) is 0. The molecular formula is C15H22N2O. The zero-order valence-electron chi connectivity index (χ0n) is 11.1. The number of benzene rings is 1. The lowest BCUT2D eigenvalue weighted by Gasteiger charge is -2.20. The predicted molar refractivity (Wildman–Crippen MR) is 75.3 cm³/mol. The second-order valence-corrected chi connectivity index (χ2v) is 5.39. The standard InChI is InChI=1S/C15H22N2O/c1-10(2)3-6-14(18)15(16)12-4-5-13-11(9-12)7-8-17-13/h4-5,7-10,14-15,17-18H,3,6,16H2,1-2H3/t14-,15+/m1/s1. The number of H-pyrrole nitrogens is 1. The number of hydrogen-bond donors (Lipinski definition) is 3. The number of aromatic amines is 1. The van der Waals surface area contributed by atoms with Crippen LogP contribution in [-0.4, -0.2) is 16.2 Å². The summed E-state index contributed by atoms with van der Waals surface area (Å²) in [6.45, 7) is 4.31. The first-order valence-electron chi connectivity index (χ1n) is 6.58. The molecule has 0 unspecified atom stereocenters. The Bertz CT molecular complexity index is 504. The van der Waals surface area contributed by atoms with Gasteiger partial charge in [0.1, 0.15) is 0 Å². The highest BCUT2D eigenvalue weighted by Crippen LogP contribution is 2.23. The summed E-state index contributed by atoms with van der Waals surface area (Å²) in [4.78, 5) is 3.15. The van der Waals surface area contributed by atoms with Crippen LogP contribution in [0.3, 0.4) is 0 Å². The number of aromatic nitrogens is 1. The van der Waals surface area contributed by atoms with Crippen molar-refractivity contribution in [2.45, 2.75) is 38.8 Å². The van der Waals surface area contributed by atoms with Gasteiger partial charge >= 0.3 is 0 Å². The molecule has 1 heterocycles. The number of nitrogens with two attached hydrogens (primary N) is 1. The molecule has 0 saturated heterocycles. The monoisotopic (exact) mass is 246 g/mol. The molecule has 0 fully saturated rings. The Labute approximate surface area is 108 Å². The van der Waals surface area contributed by atoms with E-state index in [0.29, 0.717) is 5.92 Å². The third-order valence-electron chi connectivity index (χ3n) is 3.42. The van der Waals surface area contributed by atoms with Gasteiger partial charge in [0.2, 0.25) is 0 Å². The summed E-state index contributed by atoms with van der Waals surface area (Å²) < 4.78 is 0. The van der Waals surface area contributed by atoms with Crippen LogP contribution >= 0.6 is 0 Å². The van der Waals surface area contributed by atoms with E-state index in [1.807, 2.05) is 24.4 Å². The summed E-state index contributed by atoms with van der Waals surface area (Å²) in [5, 5.41) is 11.2. The maximum Gasteiger partial charge on any atom is 0.0732 e. The quantitative estimate of drug-likeness (QED) is 0.759. The molecule has 0 aliphatic heterocycles. The molecule has 1 aromatic carbocycles. The topological polar surface area (TPSA) is 62.0 Å². The molecule has 98 valence electrons. The van der Waals surface area contributed by atoms with Crippen LogP contribution in [0.15, 0.2) is 30.5 Å². The third kappa shape index (κ3) is 2.92. The van der Waals surface area contributed by atoms with Gasteiger partial charge in [-0.2, -0.15) is 0 Å². The molecule has 3 heteroatoms. The molecule has 4 N–H and O–H groups in total. The Balaban J connectivity index is 2.09. The molecule has 3 nitrogen and oxygen atoms in total. The van der Waals surface area contributed by atoms with E-state index in [9.17, 15) is 5.11 Å². The Kier molecular flexibility index (Phi) is 4.04. The maximum absolute atomic E-state index is 10.1. The van der Waals surface area contributed by atoms with E-state index in [1.165, 1.54) is 0 Å². The van der Waals surface area contributed by atoms with E-state index in [0.717, 1.165) is 29.3 Å². The van der Waals surface area contributed by atoms with Crippen molar-refractivity contribution in [1.29, 1.82) is 0 Å². The van der Waals surface area contributed by atoms with Gasteiger partial charge in [-0.3, -0.25) is 0 Å². The zero-order chi connectivity index (χ0) is 13.1. The summed E-state index contributed by atoms with van der Waals surface area (Å²) in [6.07, 6.45) is 3.20. The van der Waals surface area contributed by atoms with Crippen molar-refractivity contribution in [2.75, 3.05) is 0 Å². The Morgan fingerprint density at radius 1 is 1.22 bits per heavy atom. The number of rotatable bonds is 5. The first-order chi connectivity index (χ1) is 8.58. The van der Waals surface area contributed by atoms with Crippen molar-refractivity contribution < 1.29 is 5.11 Å². The van der Waals surface area contributed by atoms with Crippen molar-refractivity contribution >= 4 is 10.9 Å². The molecule has 0 saturated carbocycles. The highest BCUT2D eigenvalue weighted by Gasteiger charge is 2.17. The third-order valence-corrected chi connectivity index (χ3v) is 3.42. The second-order valence-electron chi connectivity index (χ2n) is 5.39. The molecule has 18 heavy (non-hydrogen) atoms. The Hall–Kier alpha value is -1.32. The summed E-state index contributed by atoms with van der Waals surface area (Å²) >= 11 is 0. The molecule has 0 bridgehead atoms. The minimum atomic E-state index is -0.469. The van der Waals surface area contributed by atoms with Crippen LogP contribution in [-0.2, 0) is 0 Å². The highest BCUT2D eigenvalue weighted by atomic mass is 16.3. The second kappa shape index (κ2) is 5.55. The van der Waals surface area contributed by atoms with E-state index in [2.05, 4.69) is 24.9 Å². The molecular weight excluding hydrogens is 224 g/mol. The predicted octanol–water partition coefficient (Wildman–Crippen LogP) is 2.96. The van der Waals surface area contributed by atoms with Gasteiger partial charge in [-0.05, 0) is 47.9 Å². The average Bonchev–Trinajstić information content (AvgIpc) is 2.81. The van der Waals surface area contributed by atoms with E-state index in [4.69, 9.17) is 5.73 Å². The fraction of sp³-hybridized carbons (Fsp3) is 0.467. The summed E-state index contributed by atoms with van der Waals surface area (Å²) in [5.74, 6) is 0.596. The van der Waals surface area contributed by atoms with Gasteiger partial charge < -0.3 is 15.8 Å². The lowest BCUT2D eigenvalue weighted by Crippen LogP contribution is -2.26. The fourth-order valence-corrected chi connectivity index (χ4v) is 2.18. The number of fused-ring (bicyclic) bond motifs is 1. The van der Waals surface area contributed by atoms with Crippen LogP contribution in [0.1, 0.15) is 38.3 Å². The molecule has 0 radical (unpaired) electrons. The van der Waals surface area contributed by atoms with Gasteiger partial charge in [0.05, 0.1) is 12.1 Å². The number of nitrogens with one attached hydrogen (secondary N) is 1. The van der Waals surface area contributed by atoms with Gasteiger partial charge in [0.25, 0.3) is 0 Å². The van der Waals surface area contributed by atoms with Crippen molar-refractivity contribution in [3.05, 3.63) is 36.0 Å². The summed E-state index contributed by atoms with van der Waals surface area (Å²) in [6, 6.07) is 7.77.